The molecular formula is C18H21NOS. The van der Waals surface area contributed by atoms with Gasteiger partial charge in [0.05, 0.1) is 5.69 Å². The summed E-state index contributed by atoms with van der Waals surface area (Å²) >= 11 is 1.88. The lowest BCUT2D eigenvalue weighted by Gasteiger charge is -2.15. The number of hydrogen-bond donors (Lipinski definition) is 1. The fraction of sp³-hybridized carbons (Fsp3) is 0.222. The van der Waals surface area contributed by atoms with Crippen molar-refractivity contribution in [3.05, 3.63) is 67.3 Å². The van der Waals surface area contributed by atoms with Gasteiger partial charge in [0.15, 0.2) is 5.75 Å². The van der Waals surface area contributed by atoms with Crippen LogP contribution in [0.3, 0.4) is 0 Å². The molecule has 0 aromatic heterocycles. The molecule has 0 aliphatic carbocycles. The molecule has 2 rings (SSSR count). The first-order valence-corrected chi connectivity index (χ1v) is 8.13. The van der Waals surface area contributed by atoms with E-state index in [-0.39, 0.29) is 0 Å². The fourth-order valence-electron chi connectivity index (χ4n) is 1.86. The van der Waals surface area contributed by atoms with E-state index in [4.69, 9.17) is 4.74 Å². The van der Waals surface area contributed by atoms with Crippen molar-refractivity contribution in [3.8, 4) is 11.5 Å². The van der Waals surface area contributed by atoms with Gasteiger partial charge in [0.1, 0.15) is 5.75 Å². The summed E-state index contributed by atoms with van der Waals surface area (Å²) in [5, 5.41) is 3.98. The highest BCUT2D eigenvalue weighted by Gasteiger charge is 2.06. The molecule has 2 aromatic rings. The van der Waals surface area contributed by atoms with Crippen molar-refractivity contribution in [2.45, 2.75) is 12.2 Å². The molecule has 1 unspecified atom stereocenters. The zero-order valence-electron chi connectivity index (χ0n) is 12.3. The number of para-hydroxylation sites is 3. The minimum atomic E-state index is 0.521. The minimum Gasteiger partial charge on any atom is -0.455 e. The first-order chi connectivity index (χ1) is 10.3. The smallest absolute Gasteiger partial charge is 0.150 e. The summed E-state index contributed by atoms with van der Waals surface area (Å²) in [4.78, 5) is 0. The highest BCUT2D eigenvalue weighted by Crippen LogP contribution is 2.29. The van der Waals surface area contributed by atoms with E-state index in [9.17, 15) is 0 Å². The van der Waals surface area contributed by atoms with Crippen LogP contribution in [0, 0.1) is 0 Å². The van der Waals surface area contributed by atoms with E-state index >= 15 is 0 Å². The summed E-state index contributed by atoms with van der Waals surface area (Å²) in [6.07, 6.45) is 1.94. The van der Waals surface area contributed by atoms with Gasteiger partial charge in [0.25, 0.3) is 0 Å². The molecule has 0 bridgehead atoms. The molecule has 1 N–H and O–H groups in total. The lowest BCUT2D eigenvalue weighted by atomic mass is 10.2. The number of hydrogen-bond acceptors (Lipinski definition) is 3. The van der Waals surface area contributed by atoms with E-state index in [1.54, 1.807) is 0 Å². The lowest BCUT2D eigenvalue weighted by Crippen LogP contribution is -2.13. The number of rotatable bonds is 8. The molecule has 0 saturated heterocycles. The molecule has 1 atom stereocenters. The highest BCUT2D eigenvalue weighted by molar-refractivity contribution is 8.00. The van der Waals surface area contributed by atoms with Gasteiger partial charge in [-0.15, -0.1) is 6.58 Å². The molecule has 0 saturated carbocycles. The Labute approximate surface area is 131 Å². The number of anilines is 1. The Balaban J connectivity index is 1.98. The molecule has 0 fully saturated rings. The van der Waals surface area contributed by atoms with E-state index in [0.29, 0.717) is 5.25 Å². The van der Waals surface area contributed by atoms with Crippen LogP contribution in [0.25, 0.3) is 0 Å². The second kappa shape index (κ2) is 8.42. The molecule has 2 nitrogen and oxygen atoms in total. The van der Waals surface area contributed by atoms with Gasteiger partial charge >= 0.3 is 0 Å². The molecule has 21 heavy (non-hydrogen) atoms. The average Bonchev–Trinajstić information content (AvgIpc) is 2.53. The first kappa shape index (κ1) is 15.5. The number of benzene rings is 2. The van der Waals surface area contributed by atoms with Crippen LogP contribution in [0.15, 0.2) is 67.3 Å². The summed E-state index contributed by atoms with van der Waals surface area (Å²) in [5.74, 6) is 2.68. The maximum Gasteiger partial charge on any atom is 0.150 e. The summed E-state index contributed by atoms with van der Waals surface area (Å²) in [6.45, 7) is 6.86. The van der Waals surface area contributed by atoms with Gasteiger partial charge in [0, 0.05) is 17.5 Å². The van der Waals surface area contributed by atoms with Crippen molar-refractivity contribution in [3.63, 3.8) is 0 Å². The Hall–Kier alpha value is -1.87. The Morgan fingerprint density at radius 3 is 2.62 bits per heavy atom. The third-order valence-electron chi connectivity index (χ3n) is 2.94. The zero-order valence-corrected chi connectivity index (χ0v) is 13.1. The molecule has 2 aromatic carbocycles. The molecule has 0 heterocycles. The zero-order chi connectivity index (χ0) is 14.9. The molecule has 0 radical (unpaired) electrons. The molecule has 110 valence electrons. The Morgan fingerprint density at radius 2 is 1.86 bits per heavy atom. The van der Waals surface area contributed by atoms with Gasteiger partial charge in [-0.3, -0.25) is 0 Å². The van der Waals surface area contributed by atoms with E-state index < -0.39 is 0 Å². The number of thioether (sulfide) groups is 1. The topological polar surface area (TPSA) is 21.3 Å². The maximum absolute atomic E-state index is 5.94. The van der Waals surface area contributed by atoms with Crippen molar-refractivity contribution in [1.29, 1.82) is 0 Å². The first-order valence-electron chi connectivity index (χ1n) is 7.08. The predicted octanol–water partition coefficient (Wildman–Crippen LogP) is 5.20. The average molecular weight is 299 g/mol. The normalized spacial score (nSPS) is 11.7. The maximum atomic E-state index is 5.94. The second-order valence-electron chi connectivity index (χ2n) is 4.72. The van der Waals surface area contributed by atoms with Gasteiger partial charge in [0.2, 0.25) is 0 Å². The monoisotopic (exact) mass is 299 g/mol. The third-order valence-corrected chi connectivity index (χ3v) is 4.10. The predicted molar refractivity (Wildman–Crippen MR) is 93.6 cm³/mol. The Morgan fingerprint density at radius 1 is 1.14 bits per heavy atom. The van der Waals surface area contributed by atoms with Gasteiger partial charge in [-0.05, 0) is 24.3 Å². The van der Waals surface area contributed by atoms with Crippen molar-refractivity contribution in [2.24, 2.45) is 0 Å². The Kier molecular flexibility index (Phi) is 6.22. The van der Waals surface area contributed by atoms with Crippen LogP contribution in [-0.2, 0) is 0 Å². The number of ether oxygens (including phenoxy) is 1. The Bertz CT molecular complexity index is 556. The standard InChI is InChI=1S/C18H21NOS/c1-3-13-21-15(2)14-19-17-11-7-8-12-18(17)20-16-9-5-4-6-10-16/h3-12,15,19H,1,13-14H2,2H3. The van der Waals surface area contributed by atoms with Gasteiger partial charge < -0.3 is 10.1 Å². The van der Waals surface area contributed by atoms with Crippen molar-refractivity contribution >= 4 is 17.4 Å². The largest absolute Gasteiger partial charge is 0.455 e. The van der Waals surface area contributed by atoms with E-state index in [2.05, 4.69) is 18.8 Å². The van der Waals surface area contributed by atoms with Crippen LogP contribution in [-0.4, -0.2) is 17.5 Å². The summed E-state index contributed by atoms with van der Waals surface area (Å²) in [5.41, 5.74) is 1.02. The highest BCUT2D eigenvalue weighted by atomic mass is 32.2. The molecular weight excluding hydrogens is 278 g/mol. The van der Waals surface area contributed by atoms with Crippen molar-refractivity contribution in [2.75, 3.05) is 17.6 Å². The summed E-state index contributed by atoms with van der Waals surface area (Å²) in [7, 11) is 0. The second-order valence-corrected chi connectivity index (χ2v) is 6.20. The van der Waals surface area contributed by atoms with E-state index in [1.807, 2.05) is 72.4 Å². The molecule has 0 aliphatic heterocycles. The van der Waals surface area contributed by atoms with E-state index in [0.717, 1.165) is 29.5 Å². The van der Waals surface area contributed by atoms with Gasteiger partial charge in [-0.25, -0.2) is 0 Å². The summed E-state index contributed by atoms with van der Waals surface area (Å²) < 4.78 is 5.94. The minimum absolute atomic E-state index is 0.521. The quantitative estimate of drug-likeness (QED) is 0.677. The van der Waals surface area contributed by atoms with Crippen molar-refractivity contribution < 1.29 is 4.74 Å². The van der Waals surface area contributed by atoms with Gasteiger partial charge in [-0.1, -0.05) is 43.3 Å². The molecule has 0 aliphatic rings. The molecule has 3 heteroatoms. The van der Waals surface area contributed by atoms with Crippen molar-refractivity contribution in [1.82, 2.24) is 0 Å². The van der Waals surface area contributed by atoms with Crippen LogP contribution in [0.2, 0.25) is 0 Å². The molecule has 0 amide bonds. The molecule has 0 spiro atoms. The lowest BCUT2D eigenvalue weighted by molar-refractivity contribution is 0.484. The van der Waals surface area contributed by atoms with Crippen LogP contribution in [0.4, 0.5) is 5.69 Å². The number of nitrogens with one attached hydrogen (secondary N) is 1. The van der Waals surface area contributed by atoms with Crippen LogP contribution in [0.5, 0.6) is 11.5 Å². The van der Waals surface area contributed by atoms with Crippen LogP contribution in [0.1, 0.15) is 6.92 Å². The van der Waals surface area contributed by atoms with Crippen LogP contribution >= 0.6 is 11.8 Å². The fourth-order valence-corrected chi connectivity index (χ4v) is 2.53. The SMILES string of the molecule is C=CCSC(C)CNc1ccccc1Oc1ccccc1. The van der Waals surface area contributed by atoms with Crippen LogP contribution < -0.4 is 10.1 Å². The van der Waals surface area contributed by atoms with E-state index in [1.165, 1.54) is 0 Å². The van der Waals surface area contributed by atoms with Gasteiger partial charge in [-0.2, -0.15) is 11.8 Å². The third kappa shape index (κ3) is 5.20. The summed E-state index contributed by atoms with van der Waals surface area (Å²) in [6, 6.07) is 17.9.